The zero-order chi connectivity index (χ0) is 14.9. The number of aryl methyl sites for hydroxylation is 1. The summed E-state index contributed by atoms with van der Waals surface area (Å²) in [6.07, 6.45) is 1.84. The molecule has 0 saturated carbocycles. The maximum atomic E-state index is 12.8. The van der Waals surface area contributed by atoms with Crippen LogP contribution in [-0.4, -0.2) is 31.9 Å². The van der Waals surface area contributed by atoms with Gasteiger partial charge in [0, 0.05) is 24.2 Å². The predicted molar refractivity (Wildman–Crippen MR) is 81.3 cm³/mol. The quantitative estimate of drug-likeness (QED) is 0.931. The molecule has 0 amide bonds. The van der Waals surface area contributed by atoms with Gasteiger partial charge in [-0.05, 0) is 50.3 Å². The van der Waals surface area contributed by atoms with Crippen molar-refractivity contribution < 1.29 is 8.42 Å². The van der Waals surface area contributed by atoms with Gasteiger partial charge in [0.15, 0.2) is 0 Å². The van der Waals surface area contributed by atoms with E-state index >= 15 is 0 Å². The molecule has 1 aliphatic heterocycles. The number of hydrogen-bond donors (Lipinski definition) is 1. The van der Waals surface area contributed by atoms with Crippen LogP contribution in [0.15, 0.2) is 23.1 Å². The van der Waals surface area contributed by atoms with Crippen molar-refractivity contribution in [3.8, 4) is 0 Å². The highest BCUT2D eigenvalue weighted by molar-refractivity contribution is 7.89. The summed E-state index contributed by atoms with van der Waals surface area (Å²) >= 11 is 5.94. The van der Waals surface area contributed by atoms with E-state index in [4.69, 9.17) is 17.3 Å². The molecule has 20 heavy (non-hydrogen) atoms. The average Bonchev–Trinajstić information content (AvgIpc) is 2.41. The van der Waals surface area contributed by atoms with E-state index in [1.165, 1.54) is 6.07 Å². The fourth-order valence-electron chi connectivity index (χ4n) is 2.61. The lowest BCUT2D eigenvalue weighted by Crippen LogP contribution is -2.45. The van der Waals surface area contributed by atoms with E-state index in [0.717, 1.165) is 18.4 Å². The van der Waals surface area contributed by atoms with E-state index < -0.39 is 10.0 Å². The van der Waals surface area contributed by atoms with Crippen LogP contribution in [0.2, 0.25) is 5.02 Å². The van der Waals surface area contributed by atoms with E-state index in [1.54, 1.807) is 23.4 Å². The van der Waals surface area contributed by atoms with E-state index in [1.807, 2.05) is 6.92 Å². The Hall–Kier alpha value is -0.620. The van der Waals surface area contributed by atoms with Gasteiger partial charge < -0.3 is 5.73 Å². The van der Waals surface area contributed by atoms with Gasteiger partial charge in [0.2, 0.25) is 10.0 Å². The second-order valence-electron chi connectivity index (χ2n) is 5.53. The van der Waals surface area contributed by atoms with E-state index in [2.05, 4.69) is 0 Å². The normalized spacial score (nSPS) is 22.7. The molecule has 0 spiro atoms. The summed E-state index contributed by atoms with van der Waals surface area (Å²) in [5.74, 6) is 0.220. The first-order valence-electron chi connectivity index (χ1n) is 6.84. The molecular weight excluding hydrogens is 296 g/mol. The number of hydrogen-bond acceptors (Lipinski definition) is 3. The van der Waals surface area contributed by atoms with Gasteiger partial charge in [-0.15, -0.1) is 0 Å². The van der Waals surface area contributed by atoms with E-state index in [9.17, 15) is 8.42 Å². The molecule has 4 nitrogen and oxygen atoms in total. The summed E-state index contributed by atoms with van der Waals surface area (Å²) in [6, 6.07) is 4.98. The van der Waals surface area contributed by atoms with Crippen molar-refractivity contribution in [1.82, 2.24) is 4.31 Å². The third-order valence-corrected chi connectivity index (χ3v) is 6.17. The maximum Gasteiger partial charge on any atom is 0.243 e. The van der Waals surface area contributed by atoms with Gasteiger partial charge in [0.05, 0.1) is 4.90 Å². The lowest BCUT2D eigenvalue weighted by Gasteiger charge is -2.34. The summed E-state index contributed by atoms with van der Waals surface area (Å²) in [7, 11) is -3.49. The minimum atomic E-state index is -3.49. The molecule has 6 heteroatoms. The van der Waals surface area contributed by atoms with Gasteiger partial charge in [0.1, 0.15) is 0 Å². The molecule has 0 aromatic heterocycles. The highest BCUT2D eigenvalue weighted by Gasteiger charge is 2.32. The first-order chi connectivity index (χ1) is 9.32. The first-order valence-corrected chi connectivity index (χ1v) is 8.66. The van der Waals surface area contributed by atoms with Gasteiger partial charge in [-0.1, -0.05) is 17.7 Å². The number of nitrogens with zero attached hydrogens (tertiary/aromatic N) is 1. The second-order valence-corrected chi connectivity index (χ2v) is 7.88. The number of rotatable bonds is 3. The van der Waals surface area contributed by atoms with Crippen molar-refractivity contribution >= 4 is 21.6 Å². The third kappa shape index (κ3) is 3.17. The Bertz CT molecular complexity index is 587. The van der Waals surface area contributed by atoms with Gasteiger partial charge in [-0.2, -0.15) is 4.31 Å². The number of nitrogens with two attached hydrogens (primary N) is 1. The molecule has 0 radical (unpaired) electrons. The Labute approximate surface area is 126 Å². The number of benzene rings is 1. The van der Waals surface area contributed by atoms with E-state index in [-0.39, 0.29) is 12.0 Å². The minimum Gasteiger partial charge on any atom is -0.328 e. The molecule has 0 unspecified atom stereocenters. The smallest absolute Gasteiger partial charge is 0.243 e. The van der Waals surface area contributed by atoms with Crippen LogP contribution < -0.4 is 5.73 Å². The van der Waals surface area contributed by atoms with Crippen molar-refractivity contribution in [3.63, 3.8) is 0 Å². The molecule has 0 bridgehead atoms. The molecule has 2 rings (SSSR count). The van der Waals surface area contributed by atoms with Crippen molar-refractivity contribution in [1.29, 1.82) is 0 Å². The van der Waals surface area contributed by atoms with Gasteiger partial charge >= 0.3 is 0 Å². The molecule has 1 aromatic rings. The summed E-state index contributed by atoms with van der Waals surface area (Å²) in [5.41, 5.74) is 6.64. The topological polar surface area (TPSA) is 63.4 Å². The van der Waals surface area contributed by atoms with Crippen LogP contribution in [0.4, 0.5) is 0 Å². The molecule has 112 valence electrons. The van der Waals surface area contributed by atoms with Crippen LogP contribution in [-0.2, 0) is 10.0 Å². The van der Waals surface area contributed by atoms with Crippen molar-refractivity contribution in [2.45, 2.75) is 37.6 Å². The highest BCUT2D eigenvalue weighted by atomic mass is 35.5. The number of sulfonamides is 1. The molecule has 2 atom stereocenters. The maximum absolute atomic E-state index is 12.8. The standard InChI is InChI=1S/C14H21ClN2O2S/c1-10-5-6-13(15)8-14(10)20(18,19)17-7-3-4-12(9-17)11(2)16/h5-6,8,11-12H,3-4,7,9,16H2,1-2H3/t11-,12-/m1/s1. The average molecular weight is 317 g/mol. The van der Waals surface area contributed by atoms with Crippen LogP contribution in [0.5, 0.6) is 0 Å². The molecule has 1 heterocycles. The fourth-order valence-corrected chi connectivity index (χ4v) is 4.64. The summed E-state index contributed by atoms with van der Waals surface area (Å²) in [4.78, 5) is 0.301. The Morgan fingerprint density at radius 1 is 1.45 bits per heavy atom. The monoisotopic (exact) mass is 316 g/mol. The Balaban J connectivity index is 2.32. The van der Waals surface area contributed by atoms with Gasteiger partial charge in [-0.3, -0.25) is 0 Å². The number of halogens is 1. The Morgan fingerprint density at radius 3 is 2.80 bits per heavy atom. The zero-order valence-electron chi connectivity index (χ0n) is 11.8. The largest absolute Gasteiger partial charge is 0.328 e. The summed E-state index contributed by atoms with van der Waals surface area (Å²) in [6.45, 7) is 4.77. The second kappa shape index (κ2) is 6.02. The van der Waals surface area contributed by atoms with Crippen LogP contribution in [0.3, 0.4) is 0 Å². The Kier molecular flexibility index (Phi) is 4.74. The van der Waals surface area contributed by atoms with Crippen LogP contribution in [0.25, 0.3) is 0 Å². The molecule has 0 aliphatic carbocycles. The Morgan fingerprint density at radius 2 is 2.15 bits per heavy atom. The van der Waals surface area contributed by atoms with Gasteiger partial charge in [0.25, 0.3) is 0 Å². The minimum absolute atomic E-state index is 0.00783. The predicted octanol–water partition coefficient (Wildman–Crippen LogP) is 2.40. The molecular formula is C14H21ClN2O2S. The molecule has 1 aromatic carbocycles. The van der Waals surface area contributed by atoms with Crippen LogP contribution in [0.1, 0.15) is 25.3 Å². The molecule has 1 aliphatic rings. The fraction of sp³-hybridized carbons (Fsp3) is 0.571. The summed E-state index contributed by atoms with van der Waals surface area (Å²) < 4.78 is 27.1. The zero-order valence-corrected chi connectivity index (χ0v) is 13.4. The number of piperidine rings is 1. The summed E-state index contributed by atoms with van der Waals surface area (Å²) in [5, 5.41) is 0.440. The lowest BCUT2D eigenvalue weighted by atomic mass is 9.93. The van der Waals surface area contributed by atoms with Gasteiger partial charge in [-0.25, -0.2) is 8.42 Å². The van der Waals surface area contributed by atoms with E-state index in [0.29, 0.717) is 23.0 Å². The molecule has 1 saturated heterocycles. The third-order valence-electron chi connectivity index (χ3n) is 3.93. The van der Waals surface area contributed by atoms with Crippen LogP contribution >= 0.6 is 11.6 Å². The first kappa shape index (κ1) is 15.8. The lowest BCUT2D eigenvalue weighted by molar-refractivity contribution is 0.243. The van der Waals surface area contributed by atoms with Crippen molar-refractivity contribution in [3.05, 3.63) is 28.8 Å². The van der Waals surface area contributed by atoms with Crippen LogP contribution in [0, 0.1) is 12.8 Å². The van der Waals surface area contributed by atoms with Crippen molar-refractivity contribution in [2.24, 2.45) is 11.7 Å². The highest BCUT2D eigenvalue weighted by Crippen LogP contribution is 2.28. The molecule has 2 N–H and O–H groups in total. The SMILES string of the molecule is Cc1ccc(Cl)cc1S(=O)(=O)N1CCC[C@@H]([C@@H](C)N)C1. The van der Waals surface area contributed by atoms with Crippen molar-refractivity contribution in [2.75, 3.05) is 13.1 Å². The molecule has 1 fully saturated rings.